The average molecular weight is 505 g/mol. The first-order valence-corrected chi connectivity index (χ1v) is 12.1. The van der Waals surface area contributed by atoms with Gasteiger partial charge in [0.2, 0.25) is 15.9 Å². The summed E-state index contributed by atoms with van der Waals surface area (Å²) < 4.78 is 30.6. The van der Waals surface area contributed by atoms with Gasteiger partial charge in [-0.15, -0.1) is 0 Å². The van der Waals surface area contributed by atoms with Gasteiger partial charge in [-0.05, 0) is 43.2 Å². The van der Waals surface area contributed by atoms with Crippen LogP contribution in [0.15, 0.2) is 76.6 Å². The summed E-state index contributed by atoms with van der Waals surface area (Å²) in [5.74, 6) is -0.335. The maximum atomic E-state index is 13.3. The molecule has 3 aromatic rings. The standard InChI is InChI=1S/C22H25BrN4O3S/c1-18-3-9-21(10-4-18)31(29,30)27(15-19-5-7-20(23)8-6-19)16-22(28)25-11-2-13-26-14-12-24-17-26/h3-10,12,14,17H,2,11,13,15-16H2,1H3,(H,25,28). The minimum atomic E-state index is -3.84. The molecular weight excluding hydrogens is 480 g/mol. The van der Waals surface area contributed by atoms with Gasteiger partial charge in [-0.1, -0.05) is 45.8 Å². The van der Waals surface area contributed by atoms with Crippen molar-refractivity contribution < 1.29 is 13.2 Å². The van der Waals surface area contributed by atoms with E-state index in [0.717, 1.165) is 28.6 Å². The molecule has 0 unspecified atom stereocenters. The maximum absolute atomic E-state index is 13.3. The smallest absolute Gasteiger partial charge is 0.243 e. The van der Waals surface area contributed by atoms with Crippen molar-refractivity contribution >= 4 is 31.9 Å². The van der Waals surface area contributed by atoms with Crippen molar-refractivity contribution in [1.29, 1.82) is 0 Å². The average Bonchev–Trinajstić information content (AvgIpc) is 3.26. The Morgan fingerprint density at radius 3 is 2.48 bits per heavy atom. The van der Waals surface area contributed by atoms with Gasteiger partial charge in [0.05, 0.1) is 17.8 Å². The number of hydrogen-bond donors (Lipinski definition) is 1. The molecule has 0 aliphatic heterocycles. The van der Waals surface area contributed by atoms with Gasteiger partial charge in [0.15, 0.2) is 0 Å². The molecule has 0 fully saturated rings. The van der Waals surface area contributed by atoms with E-state index >= 15 is 0 Å². The molecule has 31 heavy (non-hydrogen) atoms. The fourth-order valence-corrected chi connectivity index (χ4v) is 4.65. The highest BCUT2D eigenvalue weighted by atomic mass is 79.9. The first kappa shape index (κ1) is 23.2. The highest BCUT2D eigenvalue weighted by molar-refractivity contribution is 9.10. The minimum absolute atomic E-state index is 0.103. The summed E-state index contributed by atoms with van der Waals surface area (Å²) in [5, 5.41) is 2.82. The summed E-state index contributed by atoms with van der Waals surface area (Å²) in [7, 11) is -3.84. The number of nitrogens with one attached hydrogen (secondary N) is 1. The molecule has 1 amide bonds. The molecule has 0 saturated heterocycles. The summed E-state index contributed by atoms with van der Waals surface area (Å²) in [4.78, 5) is 16.7. The second-order valence-electron chi connectivity index (χ2n) is 7.22. The van der Waals surface area contributed by atoms with Crippen LogP contribution in [0.2, 0.25) is 0 Å². The zero-order valence-corrected chi connectivity index (χ0v) is 19.6. The molecule has 0 bridgehead atoms. The molecule has 9 heteroatoms. The Balaban J connectivity index is 1.69. The topological polar surface area (TPSA) is 84.3 Å². The number of carbonyl (C=O) groups is 1. The lowest BCUT2D eigenvalue weighted by Gasteiger charge is -2.22. The molecule has 1 N–H and O–H groups in total. The number of aryl methyl sites for hydroxylation is 2. The molecule has 0 aliphatic carbocycles. The number of benzene rings is 2. The number of halogens is 1. The predicted molar refractivity (Wildman–Crippen MR) is 123 cm³/mol. The molecule has 1 heterocycles. The van der Waals surface area contributed by atoms with Gasteiger partial charge in [-0.2, -0.15) is 4.31 Å². The Morgan fingerprint density at radius 1 is 1.13 bits per heavy atom. The normalized spacial score (nSPS) is 11.6. The van der Waals surface area contributed by atoms with E-state index < -0.39 is 10.0 Å². The Labute approximate surface area is 191 Å². The molecule has 0 aliphatic rings. The van der Waals surface area contributed by atoms with Crippen LogP contribution in [0.25, 0.3) is 0 Å². The maximum Gasteiger partial charge on any atom is 0.243 e. The number of amides is 1. The molecule has 2 aromatic carbocycles. The van der Waals surface area contributed by atoms with Crippen LogP contribution in [-0.4, -0.2) is 41.3 Å². The van der Waals surface area contributed by atoms with Crippen molar-refractivity contribution in [3.63, 3.8) is 0 Å². The molecule has 0 radical (unpaired) electrons. The van der Waals surface area contributed by atoms with Crippen LogP contribution in [0.1, 0.15) is 17.5 Å². The summed E-state index contributed by atoms with van der Waals surface area (Å²) in [6, 6.07) is 14.0. The Hall–Kier alpha value is -2.49. The quantitative estimate of drug-likeness (QED) is 0.429. The summed E-state index contributed by atoms with van der Waals surface area (Å²) >= 11 is 3.38. The van der Waals surface area contributed by atoms with E-state index in [-0.39, 0.29) is 23.9 Å². The first-order valence-electron chi connectivity index (χ1n) is 9.88. The second kappa shape index (κ2) is 10.7. The molecular formula is C22H25BrN4O3S. The molecule has 1 aromatic heterocycles. The largest absolute Gasteiger partial charge is 0.355 e. The molecule has 7 nitrogen and oxygen atoms in total. The molecule has 164 valence electrons. The summed E-state index contributed by atoms with van der Waals surface area (Å²) in [6.07, 6.45) is 6.00. The van der Waals surface area contributed by atoms with Crippen molar-refractivity contribution in [2.24, 2.45) is 0 Å². The third-order valence-corrected chi connectivity index (χ3v) is 7.06. The zero-order valence-electron chi connectivity index (χ0n) is 17.2. The Morgan fingerprint density at radius 2 is 1.84 bits per heavy atom. The first-order chi connectivity index (χ1) is 14.8. The number of imidazole rings is 1. The van der Waals surface area contributed by atoms with E-state index in [1.54, 1.807) is 36.8 Å². The van der Waals surface area contributed by atoms with Crippen LogP contribution in [-0.2, 0) is 27.9 Å². The number of aromatic nitrogens is 2. The lowest BCUT2D eigenvalue weighted by atomic mass is 10.2. The lowest BCUT2D eigenvalue weighted by molar-refractivity contribution is -0.121. The van der Waals surface area contributed by atoms with Crippen LogP contribution in [0.3, 0.4) is 0 Å². The van der Waals surface area contributed by atoms with Gasteiger partial charge in [0, 0.05) is 36.5 Å². The van der Waals surface area contributed by atoms with Crippen molar-refractivity contribution in [2.45, 2.75) is 31.3 Å². The number of nitrogens with zero attached hydrogens (tertiary/aromatic N) is 3. The zero-order chi connectivity index (χ0) is 22.3. The van der Waals surface area contributed by atoms with Crippen LogP contribution < -0.4 is 5.32 Å². The molecule has 3 rings (SSSR count). The van der Waals surface area contributed by atoms with E-state index in [2.05, 4.69) is 26.2 Å². The molecule has 0 spiro atoms. The molecule has 0 atom stereocenters. The van der Waals surface area contributed by atoms with Gasteiger partial charge < -0.3 is 9.88 Å². The van der Waals surface area contributed by atoms with E-state index in [4.69, 9.17) is 0 Å². The van der Waals surface area contributed by atoms with Gasteiger partial charge in [0.25, 0.3) is 0 Å². The van der Waals surface area contributed by atoms with E-state index in [1.165, 1.54) is 4.31 Å². The summed E-state index contributed by atoms with van der Waals surface area (Å²) in [6.45, 7) is 2.93. The van der Waals surface area contributed by atoms with Crippen LogP contribution in [0.5, 0.6) is 0 Å². The Bertz CT molecular complexity index is 1080. The second-order valence-corrected chi connectivity index (χ2v) is 10.1. The third-order valence-electron chi connectivity index (χ3n) is 4.73. The van der Waals surface area contributed by atoms with E-state index in [0.29, 0.717) is 6.54 Å². The minimum Gasteiger partial charge on any atom is -0.355 e. The number of sulfonamides is 1. The lowest BCUT2D eigenvalue weighted by Crippen LogP contribution is -2.40. The van der Waals surface area contributed by atoms with Crippen molar-refractivity contribution in [3.8, 4) is 0 Å². The fourth-order valence-electron chi connectivity index (χ4n) is 3.00. The predicted octanol–water partition coefficient (Wildman–Crippen LogP) is 3.35. The van der Waals surface area contributed by atoms with Crippen LogP contribution >= 0.6 is 15.9 Å². The van der Waals surface area contributed by atoms with Crippen molar-refractivity contribution in [2.75, 3.05) is 13.1 Å². The van der Waals surface area contributed by atoms with E-state index in [1.807, 2.05) is 42.0 Å². The summed E-state index contributed by atoms with van der Waals surface area (Å²) in [5.41, 5.74) is 1.76. The highest BCUT2D eigenvalue weighted by Crippen LogP contribution is 2.20. The highest BCUT2D eigenvalue weighted by Gasteiger charge is 2.26. The van der Waals surface area contributed by atoms with Crippen LogP contribution in [0.4, 0.5) is 0 Å². The molecule has 0 saturated carbocycles. The number of carbonyl (C=O) groups excluding carboxylic acids is 1. The van der Waals surface area contributed by atoms with Crippen molar-refractivity contribution in [3.05, 3.63) is 82.9 Å². The Kier molecular flexibility index (Phi) is 8.00. The van der Waals surface area contributed by atoms with Gasteiger partial charge in [0.1, 0.15) is 0 Å². The number of hydrogen-bond acceptors (Lipinski definition) is 4. The number of rotatable bonds is 10. The monoisotopic (exact) mass is 504 g/mol. The van der Waals surface area contributed by atoms with Gasteiger partial charge in [-0.25, -0.2) is 13.4 Å². The third kappa shape index (κ3) is 6.75. The van der Waals surface area contributed by atoms with Crippen LogP contribution in [0, 0.1) is 6.92 Å². The van der Waals surface area contributed by atoms with Gasteiger partial charge >= 0.3 is 0 Å². The van der Waals surface area contributed by atoms with Gasteiger partial charge in [-0.3, -0.25) is 4.79 Å². The SMILES string of the molecule is Cc1ccc(S(=O)(=O)N(CC(=O)NCCCn2ccnc2)Cc2ccc(Br)cc2)cc1. The van der Waals surface area contributed by atoms with E-state index in [9.17, 15) is 13.2 Å². The van der Waals surface area contributed by atoms with Crippen molar-refractivity contribution in [1.82, 2.24) is 19.2 Å². The fraction of sp³-hybridized carbons (Fsp3) is 0.273.